The summed E-state index contributed by atoms with van der Waals surface area (Å²) in [6, 6.07) is 3.82. The molecule has 0 saturated carbocycles. The van der Waals surface area contributed by atoms with E-state index in [4.69, 9.17) is 52.2 Å². The summed E-state index contributed by atoms with van der Waals surface area (Å²) in [6.07, 6.45) is 1.77. The Morgan fingerprint density at radius 3 is 2.38 bits per heavy atom. The SMILES string of the molecule is CCC[C@@H](C[C@H](N)CO)Oc1cc(Cl)c(F)cc1C#N.O=C(O)C(=O)O. The van der Waals surface area contributed by atoms with Crippen LogP contribution in [-0.4, -0.2) is 46.0 Å². The Bertz CT molecular complexity index is 653. The Hall–Kier alpha value is -2.41. The molecule has 0 saturated heterocycles. The van der Waals surface area contributed by atoms with Gasteiger partial charge in [0.15, 0.2) is 0 Å². The molecule has 26 heavy (non-hydrogen) atoms. The molecule has 0 amide bonds. The van der Waals surface area contributed by atoms with Crippen LogP contribution in [0, 0.1) is 17.1 Å². The lowest BCUT2D eigenvalue weighted by molar-refractivity contribution is -0.159. The maximum Gasteiger partial charge on any atom is 0.414 e. The molecule has 0 unspecified atom stereocenters. The third-order valence-electron chi connectivity index (χ3n) is 3.03. The largest absolute Gasteiger partial charge is 0.489 e. The van der Waals surface area contributed by atoms with E-state index in [9.17, 15) is 4.39 Å². The number of aliphatic carboxylic acids is 2. The number of ether oxygens (including phenoxy) is 1. The summed E-state index contributed by atoms with van der Waals surface area (Å²) in [7, 11) is 0. The lowest BCUT2D eigenvalue weighted by Gasteiger charge is -2.22. The summed E-state index contributed by atoms with van der Waals surface area (Å²) < 4.78 is 19.0. The van der Waals surface area contributed by atoms with Crippen molar-refractivity contribution < 1.29 is 34.0 Å². The highest BCUT2D eigenvalue weighted by atomic mass is 35.5. The first-order chi connectivity index (χ1) is 12.2. The molecule has 10 heteroatoms. The maximum atomic E-state index is 13.3. The van der Waals surface area contributed by atoms with Crippen molar-refractivity contribution in [3.8, 4) is 11.8 Å². The molecule has 1 aromatic rings. The molecule has 0 bridgehead atoms. The van der Waals surface area contributed by atoms with Gasteiger partial charge in [-0.1, -0.05) is 24.9 Å². The lowest BCUT2D eigenvalue weighted by Crippen LogP contribution is -2.32. The molecule has 1 aromatic carbocycles. The van der Waals surface area contributed by atoms with E-state index in [2.05, 4.69) is 0 Å². The highest BCUT2D eigenvalue weighted by Gasteiger charge is 2.17. The minimum absolute atomic E-state index is 0.0885. The summed E-state index contributed by atoms with van der Waals surface area (Å²) >= 11 is 5.71. The van der Waals surface area contributed by atoms with E-state index in [0.29, 0.717) is 12.8 Å². The summed E-state index contributed by atoms with van der Waals surface area (Å²) in [6.45, 7) is 1.85. The van der Waals surface area contributed by atoms with Gasteiger partial charge in [-0.2, -0.15) is 5.26 Å². The Labute approximate surface area is 154 Å². The number of carboxylic acid groups (broad SMARTS) is 2. The molecule has 0 radical (unpaired) electrons. The number of nitriles is 1. The van der Waals surface area contributed by atoms with Crippen molar-refractivity contribution in [3.63, 3.8) is 0 Å². The van der Waals surface area contributed by atoms with E-state index in [0.717, 1.165) is 12.5 Å². The van der Waals surface area contributed by atoms with E-state index >= 15 is 0 Å². The number of hydrogen-bond acceptors (Lipinski definition) is 6. The number of hydrogen-bond donors (Lipinski definition) is 4. The molecule has 2 atom stereocenters. The summed E-state index contributed by atoms with van der Waals surface area (Å²) in [5.41, 5.74) is 5.79. The highest BCUT2D eigenvalue weighted by molar-refractivity contribution is 6.30. The molecule has 0 aliphatic rings. The molecule has 0 spiro atoms. The van der Waals surface area contributed by atoms with Crippen molar-refractivity contribution in [2.75, 3.05) is 6.61 Å². The number of halogens is 2. The quantitative estimate of drug-likeness (QED) is 0.513. The molecule has 0 heterocycles. The van der Waals surface area contributed by atoms with Gasteiger partial charge < -0.3 is 25.8 Å². The van der Waals surface area contributed by atoms with Crippen molar-refractivity contribution in [1.82, 2.24) is 0 Å². The van der Waals surface area contributed by atoms with Crippen LogP contribution in [0.1, 0.15) is 31.7 Å². The molecule has 5 N–H and O–H groups in total. The van der Waals surface area contributed by atoms with Crippen LogP contribution in [0.15, 0.2) is 12.1 Å². The zero-order chi connectivity index (χ0) is 20.3. The van der Waals surface area contributed by atoms with Crippen molar-refractivity contribution in [2.24, 2.45) is 5.73 Å². The minimum atomic E-state index is -1.82. The second-order valence-electron chi connectivity index (χ2n) is 5.19. The average Bonchev–Trinajstić information content (AvgIpc) is 2.58. The normalized spacial score (nSPS) is 12.2. The van der Waals surface area contributed by atoms with Gasteiger partial charge in [0.25, 0.3) is 0 Å². The van der Waals surface area contributed by atoms with Crippen molar-refractivity contribution >= 4 is 23.5 Å². The van der Waals surface area contributed by atoms with Gasteiger partial charge in [-0.25, -0.2) is 14.0 Å². The van der Waals surface area contributed by atoms with Crippen LogP contribution < -0.4 is 10.5 Å². The smallest absolute Gasteiger partial charge is 0.414 e. The number of aliphatic hydroxyl groups is 1. The molecule has 8 nitrogen and oxygen atoms in total. The molecule has 144 valence electrons. The van der Waals surface area contributed by atoms with Crippen LogP contribution in [0.25, 0.3) is 0 Å². The standard InChI is InChI=1S/C14H18ClFN2O2.C2H2O4/c1-2-3-11(5-10(18)8-19)20-14-6-12(15)13(16)4-9(14)7-17;3-1(4)2(5)6/h4,6,10-11,19H,2-3,5,8,18H2,1H3;(H,3,4)(H,5,6)/t10-,11-;/m0./s1. The number of carboxylic acids is 2. The molecule has 0 fully saturated rings. The van der Waals surface area contributed by atoms with Crippen LogP contribution in [0.4, 0.5) is 4.39 Å². The molecular formula is C16H20ClFN2O6. The Balaban J connectivity index is 0.000000896. The van der Waals surface area contributed by atoms with E-state index in [1.165, 1.54) is 6.07 Å². The van der Waals surface area contributed by atoms with Crippen molar-refractivity contribution in [2.45, 2.75) is 38.3 Å². The fourth-order valence-electron chi connectivity index (χ4n) is 1.85. The first kappa shape index (κ1) is 23.6. The van der Waals surface area contributed by atoms with E-state index in [1.807, 2.05) is 13.0 Å². The first-order valence-corrected chi connectivity index (χ1v) is 7.92. The lowest BCUT2D eigenvalue weighted by atomic mass is 10.1. The van der Waals surface area contributed by atoms with Gasteiger partial charge >= 0.3 is 11.9 Å². The molecule has 0 aliphatic heterocycles. The van der Waals surface area contributed by atoms with Gasteiger partial charge in [0.1, 0.15) is 23.7 Å². The number of benzene rings is 1. The third-order valence-corrected chi connectivity index (χ3v) is 3.32. The fourth-order valence-corrected chi connectivity index (χ4v) is 2.01. The van der Waals surface area contributed by atoms with E-state index in [-0.39, 0.29) is 29.0 Å². The van der Waals surface area contributed by atoms with Crippen LogP contribution in [-0.2, 0) is 9.59 Å². The second kappa shape index (κ2) is 12.0. The highest BCUT2D eigenvalue weighted by Crippen LogP contribution is 2.28. The summed E-state index contributed by atoms with van der Waals surface area (Å²) in [5.74, 6) is -4.07. The zero-order valence-corrected chi connectivity index (χ0v) is 14.7. The van der Waals surface area contributed by atoms with Gasteiger partial charge in [-0.15, -0.1) is 0 Å². The number of nitrogens with two attached hydrogens (primary N) is 1. The fraction of sp³-hybridized carbons (Fsp3) is 0.438. The molecule has 1 rings (SSSR count). The monoisotopic (exact) mass is 390 g/mol. The Morgan fingerprint density at radius 2 is 1.96 bits per heavy atom. The topological polar surface area (TPSA) is 154 Å². The number of aliphatic hydroxyl groups excluding tert-OH is 1. The van der Waals surface area contributed by atoms with Gasteiger partial charge in [0, 0.05) is 18.5 Å². The van der Waals surface area contributed by atoms with E-state index in [1.54, 1.807) is 0 Å². The third kappa shape index (κ3) is 8.62. The minimum Gasteiger partial charge on any atom is -0.489 e. The first-order valence-electron chi connectivity index (χ1n) is 7.54. The number of nitrogens with zero attached hydrogens (tertiary/aromatic N) is 1. The van der Waals surface area contributed by atoms with Gasteiger partial charge in [0.05, 0.1) is 17.2 Å². The van der Waals surface area contributed by atoms with Gasteiger partial charge in [-0.3, -0.25) is 0 Å². The molecule has 0 aliphatic carbocycles. The van der Waals surface area contributed by atoms with Gasteiger partial charge in [-0.05, 0) is 12.5 Å². The van der Waals surface area contributed by atoms with E-state index < -0.39 is 23.8 Å². The average molecular weight is 391 g/mol. The van der Waals surface area contributed by atoms with Crippen LogP contribution in [0.5, 0.6) is 5.75 Å². The maximum absolute atomic E-state index is 13.3. The second-order valence-corrected chi connectivity index (χ2v) is 5.60. The van der Waals surface area contributed by atoms with Crippen LogP contribution in [0.2, 0.25) is 5.02 Å². The Morgan fingerprint density at radius 1 is 1.38 bits per heavy atom. The summed E-state index contributed by atoms with van der Waals surface area (Å²) in [5, 5.41) is 32.7. The number of carbonyl (C=O) groups is 2. The predicted octanol–water partition coefficient (Wildman–Crippen LogP) is 1.76. The zero-order valence-electron chi connectivity index (χ0n) is 14.0. The Kier molecular flexibility index (Phi) is 10.9. The summed E-state index contributed by atoms with van der Waals surface area (Å²) in [4.78, 5) is 18.2. The van der Waals surface area contributed by atoms with Crippen LogP contribution >= 0.6 is 11.6 Å². The van der Waals surface area contributed by atoms with Crippen molar-refractivity contribution in [1.29, 1.82) is 5.26 Å². The van der Waals surface area contributed by atoms with Crippen molar-refractivity contribution in [3.05, 3.63) is 28.5 Å². The molecule has 0 aromatic heterocycles. The van der Waals surface area contributed by atoms with Crippen LogP contribution in [0.3, 0.4) is 0 Å². The van der Waals surface area contributed by atoms with Gasteiger partial charge in [0.2, 0.25) is 0 Å². The predicted molar refractivity (Wildman–Crippen MR) is 90.4 cm³/mol. The molecular weight excluding hydrogens is 371 g/mol. The number of rotatable bonds is 7.